The third kappa shape index (κ3) is 6.75. The van der Waals surface area contributed by atoms with Crippen LogP contribution in [0, 0.1) is 0 Å². The molecule has 1 unspecified atom stereocenters. The fourth-order valence-corrected chi connectivity index (χ4v) is 1.95. The largest absolute Gasteiger partial charge is 0.444 e. The summed E-state index contributed by atoms with van der Waals surface area (Å²) in [6.45, 7) is 5.96. The number of amides is 1. The first-order valence-electron chi connectivity index (χ1n) is 6.76. The summed E-state index contributed by atoms with van der Waals surface area (Å²) >= 11 is 0. The van der Waals surface area contributed by atoms with Gasteiger partial charge in [0.05, 0.1) is 18.8 Å². The van der Waals surface area contributed by atoms with Crippen LogP contribution in [0.4, 0.5) is 4.79 Å². The average molecular weight is 274 g/mol. The Labute approximate surface area is 114 Å². The molecule has 1 aliphatic rings. The zero-order chi connectivity index (χ0) is 14.5. The minimum atomic E-state index is -0.541. The topological polar surface area (TPSA) is 79.8 Å². The molecule has 19 heavy (non-hydrogen) atoms. The van der Waals surface area contributed by atoms with Gasteiger partial charge in [-0.2, -0.15) is 0 Å². The van der Waals surface area contributed by atoms with Crippen LogP contribution >= 0.6 is 0 Å². The van der Waals surface area contributed by atoms with Gasteiger partial charge in [-0.05, 0) is 40.7 Å². The van der Waals surface area contributed by atoms with Gasteiger partial charge >= 0.3 is 6.09 Å². The first kappa shape index (κ1) is 16.2. The van der Waals surface area contributed by atoms with E-state index in [1.165, 1.54) is 0 Å². The molecule has 1 heterocycles. The molecule has 0 bridgehead atoms. The Kier molecular flexibility index (Phi) is 6.03. The molecule has 112 valence electrons. The van der Waals surface area contributed by atoms with Crippen molar-refractivity contribution in [3.63, 3.8) is 0 Å². The van der Waals surface area contributed by atoms with Crippen LogP contribution in [-0.2, 0) is 9.47 Å². The fourth-order valence-electron chi connectivity index (χ4n) is 1.95. The standard InChI is InChI=1S/C13H26N2O4/c1-13(2,3)19-12(17)15-9-5-6-10(18-8-9)7-11(16)14-4/h9-11,14,16H,5-8H2,1-4H3,(H,15,17)/t9-,10+,11?/m1/s1. The molecule has 1 saturated heterocycles. The van der Waals surface area contributed by atoms with E-state index in [0.717, 1.165) is 12.8 Å². The highest BCUT2D eigenvalue weighted by Gasteiger charge is 2.26. The van der Waals surface area contributed by atoms with Gasteiger partial charge in [0, 0.05) is 6.42 Å². The van der Waals surface area contributed by atoms with Crippen LogP contribution in [0.25, 0.3) is 0 Å². The molecule has 1 amide bonds. The highest BCUT2D eigenvalue weighted by molar-refractivity contribution is 5.68. The number of alkyl carbamates (subject to hydrolysis) is 1. The number of hydrogen-bond donors (Lipinski definition) is 3. The first-order chi connectivity index (χ1) is 8.80. The molecular weight excluding hydrogens is 248 g/mol. The molecule has 0 aliphatic carbocycles. The van der Waals surface area contributed by atoms with Gasteiger partial charge in [0.2, 0.25) is 0 Å². The Morgan fingerprint density at radius 1 is 1.47 bits per heavy atom. The van der Waals surface area contributed by atoms with Crippen molar-refractivity contribution in [2.24, 2.45) is 0 Å². The van der Waals surface area contributed by atoms with E-state index in [-0.39, 0.29) is 12.1 Å². The third-order valence-corrected chi connectivity index (χ3v) is 2.91. The Bertz CT molecular complexity index is 283. The highest BCUT2D eigenvalue weighted by atomic mass is 16.6. The molecule has 0 aromatic heterocycles. The number of rotatable bonds is 4. The molecule has 0 aromatic rings. The van der Waals surface area contributed by atoms with Crippen molar-refractivity contribution in [2.45, 2.75) is 64.0 Å². The Morgan fingerprint density at radius 2 is 2.16 bits per heavy atom. The van der Waals surface area contributed by atoms with E-state index in [2.05, 4.69) is 10.6 Å². The number of nitrogens with one attached hydrogen (secondary N) is 2. The van der Waals surface area contributed by atoms with Gasteiger partial charge in [-0.1, -0.05) is 0 Å². The van der Waals surface area contributed by atoms with E-state index in [1.54, 1.807) is 7.05 Å². The lowest BCUT2D eigenvalue weighted by Crippen LogP contribution is -2.45. The molecule has 0 saturated carbocycles. The molecule has 3 N–H and O–H groups in total. The van der Waals surface area contributed by atoms with Crippen LogP contribution in [0.3, 0.4) is 0 Å². The molecule has 0 aromatic carbocycles. The molecular formula is C13H26N2O4. The maximum Gasteiger partial charge on any atom is 0.407 e. The van der Waals surface area contributed by atoms with E-state index < -0.39 is 17.9 Å². The summed E-state index contributed by atoms with van der Waals surface area (Å²) in [5.74, 6) is 0. The number of aliphatic hydroxyl groups excluding tert-OH is 1. The van der Waals surface area contributed by atoms with E-state index >= 15 is 0 Å². The minimum absolute atomic E-state index is 0.0159. The van der Waals surface area contributed by atoms with Crippen molar-refractivity contribution in [2.75, 3.05) is 13.7 Å². The Morgan fingerprint density at radius 3 is 2.63 bits per heavy atom. The van der Waals surface area contributed by atoms with Crippen LogP contribution in [0.5, 0.6) is 0 Å². The number of carbonyl (C=O) groups is 1. The van der Waals surface area contributed by atoms with Crippen LogP contribution in [0.1, 0.15) is 40.0 Å². The highest BCUT2D eigenvalue weighted by Crippen LogP contribution is 2.18. The molecule has 0 spiro atoms. The predicted octanol–water partition coefficient (Wildman–Crippen LogP) is 0.987. The smallest absolute Gasteiger partial charge is 0.407 e. The van der Waals surface area contributed by atoms with E-state index in [1.807, 2.05) is 20.8 Å². The second kappa shape index (κ2) is 7.07. The van der Waals surface area contributed by atoms with Crippen molar-refractivity contribution < 1.29 is 19.4 Å². The van der Waals surface area contributed by atoms with Crippen molar-refractivity contribution in [1.29, 1.82) is 0 Å². The van der Waals surface area contributed by atoms with Crippen molar-refractivity contribution >= 4 is 6.09 Å². The van der Waals surface area contributed by atoms with Crippen molar-refractivity contribution in [3.05, 3.63) is 0 Å². The number of hydrogen-bond acceptors (Lipinski definition) is 5. The lowest BCUT2D eigenvalue weighted by Gasteiger charge is -2.31. The number of ether oxygens (including phenoxy) is 2. The predicted molar refractivity (Wildman–Crippen MR) is 71.8 cm³/mol. The molecule has 3 atom stereocenters. The third-order valence-electron chi connectivity index (χ3n) is 2.91. The van der Waals surface area contributed by atoms with Gasteiger partial charge in [-0.25, -0.2) is 4.79 Å². The Balaban J connectivity index is 2.25. The maximum atomic E-state index is 11.6. The summed E-state index contributed by atoms with van der Waals surface area (Å²) < 4.78 is 10.8. The summed E-state index contributed by atoms with van der Waals surface area (Å²) in [5, 5.41) is 15.0. The lowest BCUT2D eigenvalue weighted by atomic mass is 10.0. The second-order valence-electron chi connectivity index (χ2n) is 5.92. The van der Waals surface area contributed by atoms with Crippen molar-refractivity contribution in [3.8, 4) is 0 Å². The zero-order valence-electron chi connectivity index (χ0n) is 12.2. The quantitative estimate of drug-likeness (QED) is 0.666. The summed E-state index contributed by atoms with van der Waals surface area (Å²) in [4.78, 5) is 11.6. The van der Waals surface area contributed by atoms with Gasteiger partial charge in [-0.3, -0.25) is 5.32 Å². The maximum absolute atomic E-state index is 11.6. The average Bonchev–Trinajstić information content (AvgIpc) is 2.29. The fraction of sp³-hybridized carbons (Fsp3) is 0.923. The van der Waals surface area contributed by atoms with Gasteiger partial charge < -0.3 is 19.9 Å². The zero-order valence-corrected chi connectivity index (χ0v) is 12.2. The van der Waals surface area contributed by atoms with E-state index in [9.17, 15) is 9.90 Å². The lowest BCUT2D eigenvalue weighted by molar-refractivity contribution is -0.0352. The normalized spacial score (nSPS) is 25.7. The molecule has 1 fully saturated rings. The number of carbonyl (C=O) groups excluding carboxylic acids is 1. The van der Waals surface area contributed by atoms with E-state index in [4.69, 9.17) is 9.47 Å². The van der Waals surface area contributed by atoms with Crippen LogP contribution in [0.15, 0.2) is 0 Å². The Hall–Kier alpha value is -0.850. The van der Waals surface area contributed by atoms with Crippen molar-refractivity contribution in [1.82, 2.24) is 10.6 Å². The van der Waals surface area contributed by atoms with E-state index in [0.29, 0.717) is 13.0 Å². The second-order valence-corrected chi connectivity index (χ2v) is 5.92. The number of aliphatic hydroxyl groups is 1. The monoisotopic (exact) mass is 274 g/mol. The molecule has 0 radical (unpaired) electrons. The summed E-state index contributed by atoms with van der Waals surface area (Å²) in [5.41, 5.74) is -0.487. The SMILES string of the molecule is CNC(O)C[C@@H]1CC[C@@H](NC(=O)OC(C)(C)C)CO1. The molecule has 6 nitrogen and oxygen atoms in total. The van der Waals surface area contributed by atoms with Crippen LogP contribution in [-0.4, -0.2) is 48.8 Å². The summed E-state index contributed by atoms with van der Waals surface area (Å²) in [6.07, 6.45) is 1.31. The van der Waals surface area contributed by atoms with Gasteiger partial charge in [0.25, 0.3) is 0 Å². The summed E-state index contributed by atoms with van der Waals surface area (Å²) in [7, 11) is 1.71. The summed E-state index contributed by atoms with van der Waals surface area (Å²) in [6, 6.07) is -0.0159. The minimum Gasteiger partial charge on any atom is -0.444 e. The molecule has 1 aliphatic heterocycles. The van der Waals surface area contributed by atoms with Gasteiger partial charge in [-0.15, -0.1) is 0 Å². The molecule has 6 heteroatoms. The molecule has 1 rings (SSSR count). The van der Waals surface area contributed by atoms with Crippen LogP contribution in [0.2, 0.25) is 0 Å². The first-order valence-corrected chi connectivity index (χ1v) is 6.76. The van der Waals surface area contributed by atoms with Gasteiger partial charge in [0.15, 0.2) is 0 Å². The van der Waals surface area contributed by atoms with Crippen LogP contribution < -0.4 is 10.6 Å². The van der Waals surface area contributed by atoms with Gasteiger partial charge in [0.1, 0.15) is 11.8 Å².